The minimum absolute atomic E-state index is 0.211. The van der Waals surface area contributed by atoms with Crippen LogP contribution in [0.4, 0.5) is 5.69 Å². The summed E-state index contributed by atoms with van der Waals surface area (Å²) in [5.74, 6) is 0.121. The molecule has 2 aromatic rings. The molecule has 0 amide bonds. The van der Waals surface area contributed by atoms with Gasteiger partial charge in [0.2, 0.25) is 6.79 Å². The van der Waals surface area contributed by atoms with Crippen LogP contribution >= 0.6 is 12.6 Å². The van der Waals surface area contributed by atoms with Gasteiger partial charge in [0, 0.05) is 10.6 Å². The van der Waals surface area contributed by atoms with Crippen molar-refractivity contribution in [3.63, 3.8) is 0 Å². The maximum Gasteiger partial charge on any atom is 0.343 e. The summed E-state index contributed by atoms with van der Waals surface area (Å²) >= 11 is 4.31. The van der Waals surface area contributed by atoms with Gasteiger partial charge >= 0.3 is 5.97 Å². The monoisotopic (exact) mass is 321 g/mol. The van der Waals surface area contributed by atoms with Gasteiger partial charge in [0.15, 0.2) is 0 Å². The van der Waals surface area contributed by atoms with E-state index in [2.05, 4.69) is 22.7 Å². The Hall–Kier alpha value is -2.41. The Labute approximate surface area is 132 Å². The standard InChI is InChI=1S/C15H15NO5S/c1-10-5-13(16-7-11-3-2-4-20-11)12(6-14(10)22)15(18)21-9-19-8-17/h2-6,8,16,22H,7,9H2,1H3. The van der Waals surface area contributed by atoms with E-state index in [9.17, 15) is 9.59 Å². The Morgan fingerprint density at radius 3 is 2.95 bits per heavy atom. The average Bonchev–Trinajstić information content (AvgIpc) is 3.01. The second-order valence-electron chi connectivity index (χ2n) is 4.43. The van der Waals surface area contributed by atoms with Gasteiger partial charge in [-0.1, -0.05) is 0 Å². The number of aryl methyl sites for hydroxylation is 1. The van der Waals surface area contributed by atoms with Gasteiger partial charge in [0.05, 0.1) is 18.4 Å². The smallest absolute Gasteiger partial charge is 0.343 e. The summed E-state index contributed by atoms with van der Waals surface area (Å²) in [5, 5.41) is 3.12. The third-order valence-corrected chi connectivity index (χ3v) is 3.40. The zero-order valence-corrected chi connectivity index (χ0v) is 12.8. The molecule has 0 unspecified atom stereocenters. The highest BCUT2D eigenvalue weighted by Crippen LogP contribution is 2.25. The number of esters is 1. The normalized spacial score (nSPS) is 10.1. The van der Waals surface area contributed by atoms with Gasteiger partial charge in [-0.05, 0) is 36.8 Å². The maximum absolute atomic E-state index is 12.0. The van der Waals surface area contributed by atoms with E-state index in [1.54, 1.807) is 24.5 Å². The number of hydrogen-bond donors (Lipinski definition) is 2. The second kappa shape index (κ2) is 7.56. The van der Waals surface area contributed by atoms with Crippen LogP contribution in [0.15, 0.2) is 39.8 Å². The van der Waals surface area contributed by atoms with Gasteiger partial charge in [-0.3, -0.25) is 4.79 Å². The minimum Gasteiger partial charge on any atom is -0.467 e. The second-order valence-corrected chi connectivity index (χ2v) is 4.91. The summed E-state index contributed by atoms with van der Waals surface area (Å²) in [6.45, 7) is 2.08. The number of hydrogen-bond acceptors (Lipinski definition) is 7. The summed E-state index contributed by atoms with van der Waals surface area (Å²) in [7, 11) is 0. The van der Waals surface area contributed by atoms with Crippen molar-refractivity contribution >= 4 is 30.8 Å². The molecule has 1 aromatic heterocycles. The van der Waals surface area contributed by atoms with Crippen molar-refractivity contribution in [1.82, 2.24) is 0 Å². The number of benzene rings is 1. The van der Waals surface area contributed by atoms with E-state index in [0.29, 0.717) is 22.7 Å². The summed E-state index contributed by atoms with van der Waals surface area (Å²) in [6.07, 6.45) is 1.57. The summed E-state index contributed by atoms with van der Waals surface area (Å²) in [4.78, 5) is 22.8. The Morgan fingerprint density at radius 1 is 1.45 bits per heavy atom. The predicted octanol–water partition coefficient (Wildman–Crippen LogP) is 2.78. The van der Waals surface area contributed by atoms with Crippen molar-refractivity contribution in [2.24, 2.45) is 0 Å². The molecule has 1 N–H and O–H groups in total. The lowest BCUT2D eigenvalue weighted by Crippen LogP contribution is -2.12. The Morgan fingerprint density at radius 2 is 2.27 bits per heavy atom. The molecule has 1 aromatic carbocycles. The number of rotatable bonds is 7. The SMILES string of the molecule is Cc1cc(NCc2ccco2)c(C(=O)OCOC=O)cc1S. The Kier molecular flexibility index (Phi) is 5.48. The van der Waals surface area contributed by atoms with Crippen molar-refractivity contribution in [2.45, 2.75) is 18.4 Å². The molecule has 0 spiro atoms. The topological polar surface area (TPSA) is 77.8 Å². The van der Waals surface area contributed by atoms with Gasteiger partial charge in [-0.25, -0.2) is 4.79 Å². The zero-order chi connectivity index (χ0) is 15.9. The Balaban J connectivity index is 2.17. The van der Waals surface area contributed by atoms with E-state index in [-0.39, 0.29) is 6.47 Å². The van der Waals surface area contributed by atoms with Crippen LogP contribution in [-0.2, 0) is 20.8 Å². The van der Waals surface area contributed by atoms with Crippen molar-refractivity contribution in [2.75, 3.05) is 12.1 Å². The number of carbonyl (C=O) groups is 2. The molecule has 7 heteroatoms. The molecule has 0 saturated carbocycles. The molecule has 2 rings (SSSR count). The van der Waals surface area contributed by atoms with Crippen LogP contribution in [-0.4, -0.2) is 19.2 Å². The molecule has 1 heterocycles. The molecule has 0 saturated heterocycles. The van der Waals surface area contributed by atoms with E-state index in [4.69, 9.17) is 9.15 Å². The fourth-order valence-corrected chi connectivity index (χ4v) is 1.99. The first kappa shape index (κ1) is 16.0. The summed E-state index contributed by atoms with van der Waals surface area (Å²) in [6, 6.07) is 7.00. The summed E-state index contributed by atoms with van der Waals surface area (Å²) < 4.78 is 14.4. The third-order valence-electron chi connectivity index (χ3n) is 2.92. The molecule has 0 bridgehead atoms. The third kappa shape index (κ3) is 4.05. The van der Waals surface area contributed by atoms with Crippen LogP contribution < -0.4 is 5.32 Å². The highest BCUT2D eigenvalue weighted by Gasteiger charge is 2.15. The molecule has 0 atom stereocenters. The number of carbonyl (C=O) groups excluding carboxylic acids is 2. The lowest BCUT2D eigenvalue weighted by atomic mass is 10.1. The van der Waals surface area contributed by atoms with Crippen LogP contribution in [0.5, 0.6) is 0 Å². The van der Waals surface area contributed by atoms with E-state index < -0.39 is 12.8 Å². The van der Waals surface area contributed by atoms with Gasteiger partial charge in [0.25, 0.3) is 6.47 Å². The predicted molar refractivity (Wildman–Crippen MR) is 81.9 cm³/mol. The molecule has 0 fully saturated rings. The number of thiol groups is 1. The van der Waals surface area contributed by atoms with Crippen LogP contribution in [0, 0.1) is 6.92 Å². The van der Waals surface area contributed by atoms with E-state index in [1.807, 2.05) is 13.0 Å². The van der Waals surface area contributed by atoms with Crippen LogP contribution in [0.3, 0.4) is 0 Å². The average molecular weight is 321 g/mol. The highest BCUT2D eigenvalue weighted by molar-refractivity contribution is 7.80. The van der Waals surface area contributed by atoms with Gasteiger partial charge < -0.3 is 19.2 Å². The number of ether oxygens (including phenoxy) is 2. The maximum atomic E-state index is 12.0. The first-order chi connectivity index (χ1) is 10.6. The molecule has 0 aliphatic heterocycles. The van der Waals surface area contributed by atoms with Crippen molar-refractivity contribution in [1.29, 1.82) is 0 Å². The van der Waals surface area contributed by atoms with Crippen molar-refractivity contribution < 1.29 is 23.5 Å². The van der Waals surface area contributed by atoms with Gasteiger partial charge in [0.1, 0.15) is 5.76 Å². The quantitative estimate of drug-likeness (QED) is 0.268. The zero-order valence-electron chi connectivity index (χ0n) is 11.9. The summed E-state index contributed by atoms with van der Waals surface area (Å²) in [5.41, 5.74) is 1.80. The molecule has 6 nitrogen and oxygen atoms in total. The lowest BCUT2D eigenvalue weighted by Gasteiger charge is -2.13. The molecule has 0 radical (unpaired) electrons. The first-order valence-electron chi connectivity index (χ1n) is 6.44. The van der Waals surface area contributed by atoms with E-state index in [0.717, 1.165) is 11.3 Å². The van der Waals surface area contributed by atoms with Crippen molar-refractivity contribution in [3.05, 3.63) is 47.4 Å². The minimum atomic E-state index is -0.612. The fraction of sp³-hybridized carbons (Fsp3) is 0.200. The molecular weight excluding hydrogens is 306 g/mol. The Bertz CT molecular complexity index is 654. The number of anilines is 1. The largest absolute Gasteiger partial charge is 0.467 e. The van der Waals surface area contributed by atoms with Crippen LogP contribution in [0.1, 0.15) is 21.7 Å². The van der Waals surface area contributed by atoms with Gasteiger partial charge in [-0.15, -0.1) is 12.6 Å². The highest BCUT2D eigenvalue weighted by atomic mass is 32.1. The van der Waals surface area contributed by atoms with E-state index >= 15 is 0 Å². The molecular formula is C15H15NO5S. The number of nitrogens with one attached hydrogen (secondary N) is 1. The van der Waals surface area contributed by atoms with Crippen molar-refractivity contribution in [3.8, 4) is 0 Å². The molecule has 116 valence electrons. The fourth-order valence-electron chi connectivity index (χ4n) is 1.80. The first-order valence-corrected chi connectivity index (χ1v) is 6.88. The van der Waals surface area contributed by atoms with E-state index in [1.165, 1.54) is 0 Å². The molecule has 22 heavy (non-hydrogen) atoms. The van der Waals surface area contributed by atoms with Gasteiger partial charge in [-0.2, -0.15) is 0 Å². The van der Waals surface area contributed by atoms with Crippen LogP contribution in [0.25, 0.3) is 0 Å². The number of furan rings is 1. The van der Waals surface area contributed by atoms with Crippen LogP contribution in [0.2, 0.25) is 0 Å². The molecule has 0 aliphatic carbocycles. The lowest BCUT2D eigenvalue weighted by molar-refractivity contribution is -0.136. The molecule has 0 aliphatic rings.